The van der Waals surface area contributed by atoms with Crippen LogP contribution in [0.5, 0.6) is 5.75 Å². The van der Waals surface area contributed by atoms with Crippen molar-refractivity contribution in [2.45, 2.75) is 19.5 Å². The first-order valence-corrected chi connectivity index (χ1v) is 11.3. The van der Waals surface area contributed by atoms with Gasteiger partial charge in [0.1, 0.15) is 17.4 Å². The second kappa shape index (κ2) is 9.61. The highest BCUT2D eigenvalue weighted by molar-refractivity contribution is 5.42. The number of nitrogens with zero attached hydrogens (tertiary/aromatic N) is 6. The van der Waals surface area contributed by atoms with Crippen molar-refractivity contribution >= 4 is 5.82 Å². The van der Waals surface area contributed by atoms with Crippen molar-refractivity contribution in [1.29, 1.82) is 0 Å². The van der Waals surface area contributed by atoms with Crippen LogP contribution < -0.4 is 9.64 Å². The summed E-state index contributed by atoms with van der Waals surface area (Å²) in [6.45, 7) is 5.34. The fourth-order valence-electron chi connectivity index (χ4n) is 4.49. The number of rotatable bonds is 6. The zero-order chi connectivity index (χ0) is 23.5. The van der Waals surface area contributed by atoms with Crippen LogP contribution in [0.4, 0.5) is 10.2 Å². The number of hydrogen-bond acceptors (Lipinski definition) is 6. The fraction of sp³-hybridized carbons (Fsp3) is 0.269. The standard InChI is InChI=1S/C26H27FN6O/c1-19-21(15-30-33(19)23-7-9-24(34-2)10-8-23)17-31-13-14-32(26-16-28-11-12-29-26)25(18-31)20-3-5-22(27)6-4-20/h3-12,15-16,25H,13-14,17-18H2,1-2H3. The minimum Gasteiger partial charge on any atom is -0.497 e. The second-order valence-electron chi connectivity index (χ2n) is 8.42. The van der Waals surface area contributed by atoms with Gasteiger partial charge in [-0.15, -0.1) is 0 Å². The van der Waals surface area contributed by atoms with Crippen LogP contribution in [0.2, 0.25) is 0 Å². The summed E-state index contributed by atoms with van der Waals surface area (Å²) in [7, 11) is 1.66. The first-order chi connectivity index (χ1) is 16.6. The van der Waals surface area contributed by atoms with Gasteiger partial charge in [-0.1, -0.05) is 12.1 Å². The maximum Gasteiger partial charge on any atom is 0.147 e. The molecule has 0 aliphatic carbocycles. The first kappa shape index (κ1) is 22.0. The van der Waals surface area contributed by atoms with Gasteiger partial charge in [0.2, 0.25) is 0 Å². The van der Waals surface area contributed by atoms with Gasteiger partial charge in [0.05, 0.1) is 31.2 Å². The predicted octanol–water partition coefficient (Wildman–Crippen LogP) is 4.18. The topological polar surface area (TPSA) is 59.3 Å². The quantitative estimate of drug-likeness (QED) is 0.432. The van der Waals surface area contributed by atoms with Gasteiger partial charge in [0, 0.05) is 49.8 Å². The number of anilines is 1. The highest BCUT2D eigenvalue weighted by Crippen LogP contribution is 2.30. The summed E-state index contributed by atoms with van der Waals surface area (Å²) in [4.78, 5) is 13.4. The molecule has 4 aromatic rings. The molecule has 5 rings (SSSR count). The van der Waals surface area contributed by atoms with Gasteiger partial charge >= 0.3 is 0 Å². The lowest BCUT2D eigenvalue weighted by Crippen LogP contribution is -2.48. The molecule has 0 bridgehead atoms. The van der Waals surface area contributed by atoms with E-state index in [1.165, 1.54) is 17.7 Å². The van der Waals surface area contributed by atoms with Gasteiger partial charge in [-0.25, -0.2) is 14.1 Å². The van der Waals surface area contributed by atoms with Gasteiger partial charge in [0.25, 0.3) is 0 Å². The number of ether oxygens (including phenoxy) is 1. The molecule has 174 valence electrons. The molecule has 0 amide bonds. The summed E-state index contributed by atoms with van der Waals surface area (Å²) < 4.78 is 20.8. The average molecular weight is 459 g/mol. The molecule has 34 heavy (non-hydrogen) atoms. The Morgan fingerprint density at radius 3 is 2.50 bits per heavy atom. The maximum absolute atomic E-state index is 13.6. The van der Waals surface area contributed by atoms with Crippen LogP contribution in [0.1, 0.15) is 22.9 Å². The number of aromatic nitrogens is 4. The second-order valence-corrected chi connectivity index (χ2v) is 8.42. The Morgan fingerprint density at radius 1 is 1.00 bits per heavy atom. The largest absolute Gasteiger partial charge is 0.497 e. The molecule has 1 aliphatic rings. The maximum atomic E-state index is 13.6. The molecule has 1 fully saturated rings. The van der Waals surface area contributed by atoms with E-state index in [4.69, 9.17) is 4.74 Å². The Labute approximate surface area is 198 Å². The van der Waals surface area contributed by atoms with Crippen molar-refractivity contribution in [1.82, 2.24) is 24.6 Å². The van der Waals surface area contributed by atoms with E-state index >= 15 is 0 Å². The number of halogens is 1. The molecule has 7 nitrogen and oxygen atoms in total. The lowest BCUT2D eigenvalue weighted by atomic mass is 10.0. The van der Waals surface area contributed by atoms with Crippen LogP contribution in [0.25, 0.3) is 5.69 Å². The lowest BCUT2D eigenvalue weighted by Gasteiger charge is -2.42. The van der Waals surface area contributed by atoms with E-state index in [2.05, 4.69) is 31.8 Å². The molecule has 0 saturated carbocycles. The van der Waals surface area contributed by atoms with Gasteiger partial charge in [0.15, 0.2) is 0 Å². The molecular weight excluding hydrogens is 431 g/mol. The molecule has 0 spiro atoms. The van der Waals surface area contributed by atoms with Gasteiger partial charge in [-0.2, -0.15) is 5.10 Å². The average Bonchev–Trinajstić information content (AvgIpc) is 3.24. The number of hydrogen-bond donors (Lipinski definition) is 0. The molecule has 8 heteroatoms. The Hall–Kier alpha value is -3.78. The smallest absolute Gasteiger partial charge is 0.147 e. The van der Waals surface area contributed by atoms with Crippen molar-refractivity contribution in [3.05, 3.63) is 96.0 Å². The zero-order valence-corrected chi connectivity index (χ0v) is 19.3. The highest BCUT2D eigenvalue weighted by Gasteiger charge is 2.30. The Morgan fingerprint density at radius 2 is 1.79 bits per heavy atom. The first-order valence-electron chi connectivity index (χ1n) is 11.3. The molecule has 1 saturated heterocycles. The monoisotopic (exact) mass is 458 g/mol. The third-order valence-electron chi connectivity index (χ3n) is 6.39. The minimum absolute atomic E-state index is 0.0444. The summed E-state index contributed by atoms with van der Waals surface area (Å²) in [5.74, 6) is 1.42. The van der Waals surface area contributed by atoms with E-state index < -0.39 is 0 Å². The summed E-state index contributed by atoms with van der Waals surface area (Å²) in [5.41, 5.74) is 4.35. The Bertz CT molecular complexity index is 1230. The van der Waals surface area contributed by atoms with Crippen molar-refractivity contribution < 1.29 is 9.13 Å². The number of benzene rings is 2. The van der Waals surface area contributed by atoms with Crippen molar-refractivity contribution in [2.24, 2.45) is 0 Å². The van der Waals surface area contributed by atoms with E-state index in [0.717, 1.165) is 54.7 Å². The van der Waals surface area contributed by atoms with Gasteiger partial charge in [-0.05, 0) is 48.9 Å². The van der Waals surface area contributed by atoms with Crippen LogP contribution in [0, 0.1) is 12.7 Å². The van der Waals surface area contributed by atoms with Crippen LogP contribution in [0.3, 0.4) is 0 Å². The molecule has 2 aromatic heterocycles. The Balaban J connectivity index is 1.37. The Kier molecular flexibility index (Phi) is 6.22. The van der Waals surface area contributed by atoms with Crippen LogP contribution >= 0.6 is 0 Å². The van der Waals surface area contributed by atoms with Crippen molar-refractivity contribution in [3.63, 3.8) is 0 Å². The third-order valence-corrected chi connectivity index (χ3v) is 6.39. The number of piperazine rings is 1. The molecular formula is C26H27FN6O. The molecule has 2 aromatic carbocycles. The fourth-order valence-corrected chi connectivity index (χ4v) is 4.49. The van der Waals surface area contributed by atoms with Gasteiger partial charge < -0.3 is 9.64 Å². The van der Waals surface area contributed by atoms with Crippen LogP contribution in [-0.2, 0) is 6.54 Å². The molecule has 0 N–H and O–H groups in total. The summed E-state index contributed by atoms with van der Waals surface area (Å²) in [6, 6.07) is 14.7. The van der Waals surface area contributed by atoms with E-state index in [1.807, 2.05) is 47.3 Å². The summed E-state index contributed by atoms with van der Waals surface area (Å²) >= 11 is 0. The van der Waals surface area contributed by atoms with E-state index in [-0.39, 0.29) is 11.9 Å². The van der Waals surface area contributed by atoms with E-state index in [0.29, 0.717) is 0 Å². The SMILES string of the molecule is COc1ccc(-n2ncc(CN3CCN(c4cnccn4)C(c4ccc(F)cc4)C3)c2C)cc1. The number of methoxy groups -OCH3 is 1. The van der Waals surface area contributed by atoms with Crippen molar-refractivity contribution in [3.8, 4) is 11.4 Å². The normalized spacial score (nSPS) is 16.6. The van der Waals surface area contributed by atoms with Crippen LogP contribution in [0.15, 0.2) is 73.3 Å². The molecule has 1 atom stereocenters. The highest BCUT2D eigenvalue weighted by atomic mass is 19.1. The third kappa shape index (κ3) is 4.49. The predicted molar refractivity (Wildman–Crippen MR) is 129 cm³/mol. The summed E-state index contributed by atoms with van der Waals surface area (Å²) in [5, 5.41) is 4.64. The minimum atomic E-state index is -0.232. The molecule has 0 radical (unpaired) electrons. The molecule has 1 unspecified atom stereocenters. The zero-order valence-electron chi connectivity index (χ0n) is 19.3. The van der Waals surface area contributed by atoms with Crippen molar-refractivity contribution in [2.75, 3.05) is 31.6 Å². The summed E-state index contributed by atoms with van der Waals surface area (Å²) in [6.07, 6.45) is 7.12. The molecule has 1 aliphatic heterocycles. The van der Waals surface area contributed by atoms with E-state index in [9.17, 15) is 4.39 Å². The van der Waals surface area contributed by atoms with E-state index in [1.54, 1.807) is 25.7 Å². The lowest BCUT2D eigenvalue weighted by molar-refractivity contribution is 0.214. The van der Waals surface area contributed by atoms with Crippen LogP contribution in [-0.4, -0.2) is 51.4 Å². The van der Waals surface area contributed by atoms with Gasteiger partial charge in [-0.3, -0.25) is 9.88 Å². The molecule has 3 heterocycles.